The Hall–Kier alpha value is -1.67. The first-order chi connectivity index (χ1) is 8.59. The van der Waals surface area contributed by atoms with E-state index in [9.17, 15) is 9.18 Å². The molecule has 0 aliphatic carbocycles. The summed E-state index contributed by atoms with van der Waals surface area (Å²) in [6, 6.07) is 11.8. The summed E-state index contributed by atoms with van der Waals surface area (Å²) in [5, 5.41) is 0.0273. The average molecular weight is 263 g/mol. The Morgan fingerprint density at radius 1 is 1.17 bits per heavy atom. The first kappa shape index (κ1) is 12.8. The van der Waals surface area contributed by atoms with E-state index >= 15 is 0 Å². The molecule has 18 heavy (non-hydrogen) atoms. The van der Waals surface area contributed by atoms with Gasteiger partial charge in [0.15, 0.2) is 5.78 Å². The van der Waals surface area contributed by atoms with Gasteiger partial charge in [0.2, 0.25) is 0 Å². The van der Waals surface area contributed by atoms with Crippen LogP contribution in [0.25, 0.3) is 0 Å². The van der Waals surface area contributed by atoms with E-state index in [1.165, 1.54) is 6.07 Å². The Morgan fingerprint density at radius 3 is 2.61 bits per heavy atom. The molecule has 0 amide bonds. The van der Waals surface area contributed by atoms with Crippen molar-refractivity contribution < 1.29 is 9.18 Å². The van der Waals surface area contributed by atoms with Crippen LogP contribution in [-0.4, -0.2) is 5.78 Å². The molecule has 0 unspecified atom stereocenters. The largest absolute Gasteiger partial charge is 0.294 e. The second-order valence-corrected chi connectivity index (χ2v) is 4.51. The second kappa shape index (κ2) is 5.32. The minimum atomic E-state index is -0.494. The fourth-order valence-corrected chi connectivity index (χ4v) is 2.03. The number of carbonyl (C=O) groups excluding carboxylic acids is 1. The Kier molecular flexibility index (Phi) is 3.78. The Morgan fingerprint density at radius 2 is 1.89 bits per heavy atom. The first-order valence-corrected chi connectivity index (χ1v) is 5.99. The summed E-state index contributed by atoms with van der Waals surface area (Å²) in [5.41, 5.74) is 2.08. The quantitative estimate of drug-likeness (QED) is 0.757. The number of benzene rings is 2. The number of ketones is 1. The third-order valence-corrected chi connectivity index (χ3v) is 3.25. The molecule has 1 nitrogen and oxygen atoms in total. The molecule has 0 heterocycles. The molecule has 0 atom stereocenters. The van der Waals surface area contributed by atoms with Gasteiger partial charge in [0, 0.05) is 12.0 Å². The van der Waals surface area contributed by atoms with Gasteiger partial charge in [0.25, 0.3) is 0 Å². The maximum atomic E-state index is 13.3. The van der Waals surface area contributed by atoms with Crippen LogP contribution in [0.4, 0.5) is 4.39 Å². The monoisotopic (exact) mass is 262 g/mol. The third-order valence-electron chi connectivity index (χ3n) is 2.83. The molecular formula is C15H12ClFO. The van der Waals surface area contributed by atoms with E-state index in [4.69, 9.17) is 11.6 Å². The highest BCUT2D eigenvalue weighted by molar-refractivity contribution is 6.31. The number of rotatable bonds is 3. The summed E-state index contributed by atoms with van der Waals surface area (Å²) in [6.07, 6.45) is 0.113. The molecule has 0 saturated heterocycles. The van der Waals surface area contributed by atoms with Crippen LogP contribution in [0.1, 0.15) is 21.5 Å². The molecule has 0 N–H and O–H groups in total. The van der Waals surface area contributed by atoms with E-state index in [-0.39, 0.29) is 17.2 Å². The maximum absolute atomic E-state index is 13.3. The summed E-state index contributed by atoms with van der Waals surface area (Å²) in [5.74, 6) is -0.549. The minimum Gasteiger partial charge on any atom is -0.294 e. The van der Waals surface area contributed by atoms with Gasteiger partial charge in [-0.05, 0) is 24.1 Å². The normalized spacial score (nSPS) is 10.4. The molecule has 0 spiro atoms. The predicted molar refractivity (Wildman–Crippen MR) is 70.6 cm³/mol. The Balaban J connectivity index is 2.27. The number of aryl methyl sites for hydroxylation is 1. The lowest BCUT2D eigenvalue weighted by atomic mass is 9.99. The molecule has 2 aromatic carbocycles. The highest BCUT2D eigenvalue weighted by Gasteiger charge is 2.13. The highest BCUT2D eigenvalue weighted by Crippen LogP contribution is 2.21. The zero-order chi connectivity index (χ0) is 13.1. The highest BCUT2D eigenvalue weighted by atomic mass is 35.5. The van der Waals surface area contributed by atoms with E-state index in [0.29, 0.717) is 11.1 Å². The SMILES string of the molecule is Cc1ccccc1C(=O)Cc1cccc(F)c1Cl. The van der Waals surface area contributed by atoms with E-state index in [1.54, 1.807) is 18.2 Å². The summed E-state index contributed by atoms with van der Waals surface area (Å²) >= 11 is 5.84. The molecule has 2 aromatic rings. The van der Waals surface area contributed by atoms with Gasteiger partial charge in [0.1, 0.15) is 5.82 Å². The van der Waals surface area contributed by atoms with Crippen LogP contribution in [0.5, 0.6) is 0 Å². The third kappa shape index (κ3) is 2.59. The average Bonchev–Trinajstić information content (AvgIpc) is 2.35. The van der Waals surface area contributed by atoms with Gasteiger partial charge in [-0.2, -0.15) is 0 Å². The standard InChI is InChI=1S/C15H12ClFO/c1-10-5-2-3-7-12(10)14(18)9-11-6-4-8-13(17)15(11)16/h2-8H,9H2,1H3. The van der Waals surface area contributed by atoms with E-state index < -0.39 is 5.82 Å². The molecule has 0 bridgehead atoms. The summed E-state index contributed by atoms with van der Waals surface area (Å²) < 4.78 is 13.3. The van der Waals surface area contributed by atoms with Gasteiger partial charge >= 0.3 is 0 Å². The number of hydrogen-bond acceptors (Lipinski definition) is 1. The van der Waals surface area contributed by atoms with Crippen molar-refractivity contribution in [1.29, 1.82) is 0 Å². The molecule has 0 radical (unpaired) electrons. The van der Waals surface area contributed by atoms with Crippen molar-refractivity contribution in [2.45, 2.75) is 13.3 Å². The van der Waals surface area contributed by atoms with Crippen molar-refractivity contribution in [2.75, 3.05) is 0 Å². The molecular weight excluding hydrogens is 251 g/mol. The molecule has 92 valence electrons. The number of halogens is 2. The van der Waals surface area contributed by atoms with Crippen LogP contribution in [0.2, 0.25) is 5.02 Å². The number of hydrogen-bond donors (Lipinski definition) is 0. The Labute approximate surface area is 110 Å². The van der Waals surface area contributed by atoms with E-state index in [2.05, 4.69) is 0 Å². The summed E-state index contributed by atoms with van der Waals surface area (Å²) in [4.78, 5) is 12.1. The Bertz CT molecular complexity index is 593. The zero-order valence-electron chi connectivity index (χ0n) is 9.91. The van der Waals surface area contributed by atoms with Crippen molar-refractivity contribution in [3.05, 3.63) is 70.0 Å². The first-order valence-electron chi connectivity index (χ1n) is 5.61. The number of carbonyl (C=O) groups is 1. The van der Waals surface area contributed by atoms with Gasteiger partial charge in [-0.15, -0.1) is 0 Å². The molecule has 0 aliphatic heterocycles. The molecule has 0 saturated carbocycles. The minimum absolute atomic E-state index is 0.0273. The summed E-state index contributed by atoms with van der Waals surface area (Å²) in [7, 11) is 0. The zero-order valence-corrected chi connectivity index (χ0v) is 10.7. The van der Waals surface area contributed by atoms with Crippen molar-refractivity contribution >= 4 is 17.4 Å². The van der Waals surface area contributed by atoms with Gasteiger partial charge in [-0.25, -0.2) is 4.39 Å². The van der Waals surface area contributed by atoms with Crippen LogP contribution in [0.15, 0.2) is 42.5 Å². The van der Waals surface area contributed by atoms with Crippen LogP contribution < -0.4 is 0 Å². The molecule has 3 heteroatoms. The van der Waals surface area contributed by atoms with Crippen LogP contribution >= 0.6 is 11.6 Å². The van der Waals surface area contributed by atoms with Crippen molar-refractivity contribution in [3.8, 4) is 0 Å². The topological polar surface area (TPSA) is 17.1 Å². The van der Waals surface area contributed by atoms with Gasteiger partial charge < -0.3 is 0 Å². The second-order valence-electron chi connectivity index (χ2n) is 4.13. The molecule has 0 aliphatic rings. The fraction of sp³-hybridized carbons (Fsp3) is 0.133. The summed E-state index contributed by atoms with van der Waals surface area (Å²) in [6.45, 7) is 1.88. The van der Waals surface area contributed by atoms with Crippen LogP contribution in [0.3, 0.4) is 0 Å². The number of Topliss-reactive ketones (excluding diaryl/α,β-unsaturated/α-hetero) is 1. The van der Waals surface area contributed by atoms with Crippen LogP contribution in [0, 0.1) is 12.7 Å². The van der Waals surface area contributed by atoms with Crippen LogP contribution in [-0.2, 0) is 6.42 Å². The maximum Gasteiger partial charge on any atom is 0.167 e. The molecule has 0 aromatic heterocycles. The lowest BCUT2D eigenvalue weighted by Crippen LogP contribution is -2.06. The molecule has 2 rings (SSSR count). The lowest BCUT2D eigenvalue weighted by Gasteiger charge is -2.06. The predicted octanol–water partition coefficient (Wildman–Crippen LogP) is 4.21. The van der Waals surface area contributed by atoms with E-state index in [1.807, 2.05) is 25.1 Å². The van der Waals surface area contributed by atoms with E-state index in [0.717, 1.165) is 5.56 Å². The van der Waals surface area contributed by atoms with Gasteiger partial charge in [-0.1, -0.05) is 48.0 Å². The van der Waals surface area contributed by atoms with Crippen molar-refractivity contribution in [2.24, 2.45) is 0 Å². The lowest BCUT2D eigenvalue weighted by molar-refractivity contribution is 0.0992. The molecule has 0 fully saturated rings. The smallest absolute Gasteiger partial charge is 0.167 e. The van der Waals surface area contributed by atoms with Crippen molar-refractivity contribution in [1.82, 2.24) is 0 Å². The van der Waals surface area contributed by atoms with Gasteiger partial charge in [-0.3, -0.25) is 4.79 Å². The van der Waals surface area contributed by atoms with Crippen molar-refractivity contribution in [3.63, 3.8) is 0 Å². The van der Waals surface area contributed by atoms with Gasteiger partial charge in [0.05, 0.1) is 5.02 Å². The fourth-order valence-electron chi connectivity index (χ4n) is 1.84.